The average Bonchev–Trinajstić information content (AvgIpc) is 3.04. The third-order valence-corrected chi connectivity index (χ3v) is 8.65. The molecule has 0 aromatic heterocycles. The molecule has 8 heteroatoms. The molecule has 2 aromatic rings. The molecule has 2 atom stereocenters. The van der Waals surface area contributed by atoms with Gasteiger partial charge in [-0.2, -0.15) is 0 Å². The largest absolute Gasteiger partial charge is 0.493 e. The summed E-state index contributed by atoms with van der Waals surface area (Å²) in [7, 11) is 3.18. The Kier molecular flexibility index (Phi) is 12.4. The third-order valence-electron chi connectivity index (χ3n) is 8.65. The highest BCUT2D eigenvalue weighted by Gasteiger charge is 2.38. The van der Waals surface area contributed by atoms with Crippen LogP contribution >= 0.6 is 0 Å². The van der Waals surface area contributed by atoms with Crippen molar-refractivity contribution in [3.05, 3.63) is 65.7 Å². The van der Waals surface area contributed by atoms with Crippen LogP contribution in [0, 0.1) is 11.3 Å². The van der Waals surface area contributed by atoms with E-state index in [1.54, 1.807) is 25.2 Å². The maximum absolute atomic E-state index is 13.9. The van der Waals surface area contributed by atoms with Crippen LogP contribution in [-0.2, 0) is 25.5 Å². The zero-order chi connectivity index (χ0) is 32.4. The minimum atomic E-state index is -0.688. The standard InChI is InChI=1S/C36H49NO7/c1-9-36(5,6)25(4)34(39)37-20-11-10-15-29(37)35(40)44-31(18-16-26-17-19-32(41-7)33(21-26)42-8)27-13-12-14-28(22-27)43-23-30(38)24(2)3/h12-14,17,19,21-22,24,29,31H,4,9-11,15-16,18,20,23H2,1-3,5-8H3/t29-,31+/m0/s1. The molecule has 2 aromatic carbocycles. The van der Waals surface area contributed by atoms with Gasteiger partial charge in [0, 0.05) is 18.0 Å². The van der Waals surface area contributed by atoms with Crippen molar-refractivity contribution < 1.29 is 33.3 Å². The van der Waals surface area contributed by atoms with Gasteiger partial charge in [0.2, 0.25) is 5.91 Å². The number of benzene rings is 2. The fourth-order valence-electron chi connectivity index (χ4n) is 5.07. The van der Waals surface area contributed by atoms with E-state index in [-0.39, 0.29) is 29.6 Å². The minimum absolute atomic E-state index is 0.00160. The number of aryl methyl sites for hydroxylation is 1. The summed E-state index contributed by atoms with van der Waals surface area (Å²) >= 11 is 0. The Balaban J connectivity index is 1.87. The van der Waals surface area contributed by atoms with Crippen molar-refractivity contribution in [3.63, 3.8) is 0 Å². The minimum Gasteiger partial charge on any atom is -0.493 e. The molecule has 0 spiro atoms. The van der Waals surface area contributed by atoms with E-state index in [4.69, 9.17) is 18.9 Å². The lowest BCUT2D eigenvalue weighted by atomic mass is 9.81. The Hall–Kier alpha value is -3.81. The van der Waals surface area contributed by atoms with Crippen molar-refractivity contribution in [2.45, 2.75) is 85.3 Å². The lowest BCUT2D eigenvalue weighted by molar-refractivity contribution is -0.161. The second-order valence-electron chi connectivity index (χ2n) is 12.4. The van der Waals surface area contributed by atoms with Crippen molar-refractivity contribution >= 4 is 17.7 Å². The molecule has 1 aliphatic rings. The summed E-state index contributed by atoms with van der Waals surface area (Å²) in [5.41, 5.74) is 1.87. The van der Waals surface area contributed by atoms with E-state index in [2.05, 4.69) is 6.58 Å². The first-order chi connectivity index (χ1) is 20.9. The summed E-state index contributed by atoms with van der Waals surface area (Å²) in [4.78, 5) is 41.2. The third kappa shape index (κ3) is 8.87. The van der Waals surface area contributed by atoms with E-state index in [9.17, 15) is 14.4 Å². The lowest BCUT2D eigenvalue weighted by Gasteiger charge is -2.37. The zero-order valence-electron chi connectivity index (χ0n) is 27.4. The predicted octanol–water partition coefficient (Wildman–Crippen LogP) is 6.90. The van der Waals surface area contributed by atoms with Gasteiger partial charge >= 0.3 is 5.97 Å². The van der Waals surface area contributed by atoms with Gasteiger partial charge in [0.1, 0.15) is 24.5 Å². The smallest absolute Gasteiger partial charge is 0.329 e. The number of rotatable bonds is 15. The predicted molar refractivity (Wildman–Crippen MR) is 171 cm³/mol. The number of esters is 1. The molecule has 0 saturated carbocycles. The molecule has 1 aliphatic heterocycles. The number of ketones is 1. The van der Waals surface area contributed by atoms with Gasteiger partial charge in [0.15, 0.2) is 17.3 Å². The second-order valence-corrected chi connectivity index (χ2v) is 12.4. The number of Topliss-reactive ketones (excluding diaryl/α,β-unsaturated/α-hetero) is 1. The Labute approximate surface area is 262 Å². The Bertz CT molecular complexity index is 1320. The molecule has 0 bridgehead atoms. The van der Waals surface area contributed by atoms with Crippen LogP contribution in [0.25, 0.3) is 0 Å². The second kappa shape index (κ2) is 15.8. The monoisotopic (exact) mass is 607 g/mol. The van der Waals surface area contributed by atoms with E-state index in [0.717, 1.165) is 30.4 Å². The van der Waals surface area contributed by atoms with Crippen LogP contribution in [0.2, 0.25) is 0 Å². The number of hydrogen-bond acceptors (Lipinski definition) is 7. The number of ether oxygens (including phenoxy) is 4. The van der Waals surface area contributed by atoms with Gasteiger partial charge in [-0.3, -0.25) is 9.59 Å². The molecule has 240 valence electrons. The van der Waals surface area contributed by atoms with Gasteiger partial charge in [-0.25, -0.2) is 4.79 Å². The summed E-state index contributed by atoms with van der Waals surface area (Å²) in [6.45, 7) is 14.3. The fraction of sp³-hybridized carbons (Fsp3) is 0.528. The molecule has 44 heavy (non-hydrogen) atoms. The van der Waals surface area contributed by atoms with Gasteiger partial charge < -0.3 is 23.8 Å². The molecule has 0 N–H and O–H groups in total. The van der Waals surface area contributed by atoms with Crippen LogP contribution in [0.15, 0.2) is 54.6 Å². The van der Waals surface area contributed by atoms with Crippen LogP contribution < -0.4 is 14.2 Å². The summed E-state index contributed by atoms with van der Waals surface area (Å²) < 4.78 is 22.9. The van der Waals surface area contributed by atoms with E-state index < -0.39 is 18.1 Å². The molecule has 3 rings (SSSR count). The maximum Gasteiger partial charge on any atom is 0.329 e. The van der Waals surface area contributed by atoms with E-state index in [1.165, 1.54) is 0 Å². The molecule has 1 heterocycles. The normalized spacial score (nSPS) is 15.8. The van der Waals surface area contributed by atoms with Crippen molar-refractivity contribution in [1.82, 2.24) is 4.90 Å². The average molecular weight is 608 g/mol. The molecule has 1 fully saturated rings. The quantitative estimate of drug-likeness (QED) is 0.161. The lowest BCUT2D eigenvalue weighted by Crippen LogP contribution is -2.50. The van der Waals surface area contributed by atoms with Crippen LogP contribution in [0.5, 0.6) is 17.2 Å². The molecule has 1 saturated heterocycles. The van der Waals surface area contributed by atoms with Crippen LogP contribution in [0.4, 0.5) is 0 Å². The number of piperidine rings is 1. The van der Waals surface area contributed by atoms with Gasteiger partial charge in [-0.1, -0.05) is 59.4 Å². The van der Waals surface area contributed by atoms with E-state index in [0.29, 0.717) is 48.6 Å². The fourth-order valence-corrected chi connectivity index (χ4v) is 5.07. The first-order valence-electron chi connectivity index (χ1n) is 15.6. The molecule has 0 unspecified atom stereocenters. The number of hydrogen-bond donors (Lipinski definition) is 0. The SMILES string of the molecule is C=C(C(=O)N1CCCC[C@H]1C(=O)O[C@H](CCc1ccc(OC)c(OC)c1)c1cccc(OCC(=O)C(C)C)c1)C(C)(C)CC. The van der Waals surface area contributed by atoms with Crippen molar-refractivity contribution in [3.8, 4) is 17.2 Å². The number of carbonyl (C=O) groups excluding carboxylic acids is 3. The first-order valence-corrected chi connectivity index (χ1v) is 15.6. The highest BCUT2D eigenvalue weighted by Crippen LogP contribution is 2.34. The van der Waals surface area contributed by atoms with Crippen molar-refractivity contribution in [2.24, 2.45) is 11.3 Å². The molecular formula is C36H49NO7. The summed E-state index contributed by atoms with van der Waals surface area (Å²) in [6, 6.07) is 12.4. The number of amides is 1. The Morgan fingerprint density at radius 3 is 2.41 bits per heavy atom. The number of carbonyl (C=O) groups is 3. The first kappa shape index (κ1) is 34.7. The van der Waals surface area contributed by atoms with Gasteiger partial charge in [-0.05, 0) is 79.3 Å². The zero-order valence-corrected chi connectivity index (χ0v) is 27.4. The molecule has 8 nitrogen and oxygen atoms in total. The number of likely N-dealkylation sites (tertiary alicyclic amines) is 1. The van der Waals surface area contributed by atoms with Crippen LogP contribution in [0.3, 0.4) is 0 Å². The van der Waals surface area contributed by atoms with Crippen molar-refractivity contribution in [2.75, 3.05) is 27.4 Å². The highest BCUT2D eigenvalue weighted by molar-refractivity contribution is 5.96. The van der Waals surface area contributed by atoms with E-state index >= 15 is 0 Å². The summed E-state index contributed by atoms with van der Waals surface area (Å²) in [6.07, 6.45) is 3.40. The van der Waals surface area contributed by atoms with Crippen LogP contribution in [0.1, 0.15) is 84.0 Å². The van der Waals surface area contributed by atoms with Gasteiger partial charge in [-0.15, -0.1) is 0 Å². The maximum atomic E-state index is 13.9. The molecule has 1 amide bonds. The topological polar surface area (TPSA) is 91.4 Å². The molecule has 0 aliphatic carbocycles. The highest BCUT2D eigenvalue weighted by atomic mass is 16.5. The summed E-state index contributed by atoms with van der Waals surface area (Å²) in [5, 5.41) is 0. The van der Waals surface area contributed by atoms with E-state index in [1.807, 2.05) is 71.0 Å². The van der Waals surface area contributed by atoms with Crippen molar-refractivity contribution in [1.29, 1.82) is 0 Å². The van der Waals surface area contributed by atoms with Crippen LogP contribution in [-0.4, -0.2) is 56.0 Å². The Morgan fingerprint density at radius 2 is 1.75 bits per heavy atom. The molecular weight excluding hydrogens is 558 g/mol. The summed E-state index contributed by atoms with van der Waals surface area (Å²) in [5.74, 6) is 1.03. The Morgan fingerprint density at radius 1 is 1.02 bits per heavy atom. The van der Waals surface area contributed by atoms with Gasteiger partial charge in [0.25, 0.3) is 0 Å². The molecule has 0 radical (unpaired) electrons. The number of nitrogens with zero attached hydrogens (tertiary/aromatic N) is 1. The number of methoxy groups -OCH3 is 2. The van der Waals surface area contributed by atoms with Gasteiger partial charge in [0.05, 0.1) is 14.2 Å².